The minimum atomic E-state index is -0.535. The number of benzene rings is 2. The zero-order valence-corrected chi connectivity index (χ0v) is 24.8. The van der Waals surface area contributed by atoms with Gasteiger partial charge in [0, 0.05) is 26.2 Å². The minimum absolute atomic E-state index is 0.319. The van der Waals surface area contributed by atoms with Gasteiger partial charge in [-0.3, -0.25) is 0 Å². The molecule has 0 unspecified atom stereocenters. The zero-order chi connectivity index (χ0) is 29.1. The Morgan fingerprint density at radius 2 is 0.974 bits per heavy atom. The Kier molecular flexibility index (Phi) is 12.0. The van der Waals surface area contributed by atoms with Gasteiger partial charge in [0.25, 0.3) is 0 Å². The van der Waals surface area contributed by atoms with Gasteiger partial charge >= 0.3 is 19.9 Å². The Morgan fingerprint density at radius 1 is 0.641 bits per heavy atom. The van der Waals surface area contributed by atoms with Crippen LogP contribution in [0.3, 0.4) is 0 Å². The predicted octanol–water partition coefficient (Wildman–Crippen LogP) is 6.97. The molecule has 9 heteroatoms. The second kappa shape index (κ2) is 14.7. The SMILES string of the molecule is CCCN(Cc1ccc(O[B]Oc2ccc(CN(CCC)C(=O)OC(C)(C)C)cc2)cc1)C(=O)OC(C)(C)C. The van der Waals surface area contributed by atoms with Crippen molar-refractivity contribution in [1.29, 1.82) is 0 Å². The second-order valence-corrected chi connectivity index (χ2v) is 11.4. The van der Waals surface area contributed by atoms with E-state index in [1.165, 1.54) is 7.69 Å². The summed E-state index contributed by atoms with van der Waals surface area (Å²) in [6, 6.07) is 15.0. The number of hydrogen-bond acceptors (Lipinski definition) is 6. The fraction of sp³-hybridized carbons (Fsp3) is 0.533. The Balaban J connectivity index is 1.86. The summed E-state index contributed by atoms with van der Waals surface area (Å²) in [6.07, 6.45) is 1.05. The molecule has 0 heterocycles. The average Bonchev–Trinajstić information content (AvgIpc) is 2.83. The first-order valence-corrected chi connectivity index (χ1v) is 13.6. The quantitative estimate of drug-likeness (QED) is 0.271. The molecule has 8 nitrogen and oxygen atoms in total. The molecule has 0 N–H and O–H groups in total. The molecular weight excluding hydrogens is 495 g/mol. The second-order valence-electron chi connectivity index (χ2n) is 11.4. The third-order valence-electron chi connectivity index (χ3n) is 5.25. The fourth-order valence-electron chi connectivity index (χ4n) is 3.59. The van der Waals surface area contributed by atoms with Crippen LogP contribution in [0.4, 0.5) is 9.59 Å². The van der Waals surface area contributed by atoms with E-state index in [-0.39, 0.29) is 12.2 Å². The molecule has 0 saturated carbocycles. The minimum Gasteiger partial charge on any atom is -0.526 e. The molecule has 0 aliphatic rings. The molecule has 0 aromatic heterocycles. The van der Waals surface area contributed by atoms with Gasteiger partial charge in [0.1, 0.15) is 22.7 Å². The van der Waals surface area contributed by atoms with Crippen LogP contribution in [0.1, 0.15) is 79.4 Å². The maximum atomic E-state index is 12.5. The summed E-state index contributed by atoms with van der Waals surface area (Å²) < 4.78 is 22.3. The van der Waals surface area contributed by atoms with Crippen molar-refractivity contribution in [3.8, 4) is 11.5 Å². The van der Waals surface area contributed by atoms with Gasteiger partial charge < -0.3 is 28.6 Å². The molecule has 0 spiro atoms. The summed E-state index contributed by atoms with van der Waals surface area (Å²) in [4.78, 5) is 28.4. The Morgan fingerprint density at radius 3 is 1.26 bits per heavy atom. The first kappa shape index (κ1) is 31.9. The first-order chi connectivity index (χ1) is 18.3. The highest BCUT2D eigenvalue weighted by molar-refractivity contribution is 6.20. The molecular formula is C30H44BN2O6. The maximum Gasteiger partial charge on any atom is 0.658 e. The van der Waals surface area contributed by atoms with Gasteiger partial charge in [-0.05, 0) is 89.8 Å². The van der Waals surface area contributed by atoms with Gasteiger partial charge in [0.15, 0.2) is 0 Å². The van der Waals surface area contributed by atoms with Crippen molar-refractivity contribution < 1.29 is 28.4 Å². The molecule has 0 bridgehead atoms. The highest BCUT2D eigenvalue weighted by Crippen LogP contribution is 2.19. The summed E-state index contributed by atoms with van der Waals surface area (Å²) in [6.45, 7) is 17.4. The molecule has 39 heavy (non-hydrogen) atoms. The van der Waals surface area contributed by atoms with Crippen molar-refractivity contribution in [3.05, 3.63) is 59.7 Å². The number of nitrogens with zero attached hydrogens (tertiary/aromatic N) is 2. The number of hydrogen-bond donors (Lipinski definition) is 0. The molecule has 2 amide bonds. The largest absolute Gasteiger partial charge is 0.658 e. The standard InChI is InChI=1S/C30H44BN2O6/c1-9-19-32(27(34)36-29(3,4)5)21-23-11-15-25(16-12-23)38-31-39-26-17-13-24(14-18-26)22-33(20-10-2)28(35)37-30(6,7)8/h11-18H,9-10,19-22H2,1-8H3. The van der Waals surface area contributed by atoms with E-state index in [1.54, 1.807) is 9.80 Å². The lowest BCUT2D eigenvalue weighted by Gasteiger charge is -2.27. The number of carbonyl (C=O) groups excluding carboxylic acids is 2. The summed E-state index contributed by atoms with van der Waals surface area (Å²) in [5, 5.41) is 0. The van der Waals surface area contributed by atoms with Crippen LogP contribution in [0, 0.1) is 0 Å². The number of ether oxygens (including phenoxy) is 2. The molecule has 213 valence electrons. The van der Waals surface area contributed by atoms with E-state index in [4.69, 9.17) is 18.8 Å². The van der Waals surface area contributed by atoms with Crippen molar-refractivity contribution in [1.82, 2.24) is 9.80 Å². The van der Waals surface area contributed by atoms with E-state index >= 15 is 0 Å². The van der Waals surface area contributed by atoms with Crippen LogP contribution in [-0.4, -0.2) is 54.0 Å². The molecule has 0 fully saturated rings. The molecule has 0 saturated heterocycles. The normalized spacial score (nSPS) is 11.4. The molecule has 2 aromatic rings. The molecule has 2 rings (SSSR count). The van der Waals surface area contributed by atoms with Crippen molar-refractivity contribution in [2.75, 3.05) is 13.1 Å². The smallest absolute Gasteiger partial charge is 0.526 e. The van der Waals surface area contributed by atoms with Crippen molar-refractivity contribution in [2.24, 2.45) is 0 Å². The van der Waals surface area contributed by atoms with E-state index in [2.05, 4.69) is 0 Å². The van der Waals surface area contributed by atoms with Crippen LogP contribution in [-0.2, 0) is 22.6 Å². The first-order valence-electron chi connectivity index (χ1n) is 13.6. The lowest BCUT2D eigenvalue weighted by Crippen LogP contribution is -2.36. The van der Waals surface area contributed by atoms with Crippen LogP contribution in [0.25, 0.3) is 0 Å². The van der Waals surface area contributed by atoms with Gasteiger partial charge in [-0.2, -0.15) is 0 Å². The highest BCUT2D eigenvalue weighted by atomic mass is 16.6. The van der Waals surface area contributed by atoms with Crippen molar-refractivity contribution >= 4 is 19.9 Å². The van der Waals surface area contributed by atoms with Gasteiger partial charge in [0.05, 0.1) is 0 Å². The van der Waals surface area contributed by atoms with Crippen LogP contribution >= 0.6 is 0 Å². The lowest BCUT2D eigenvalue weighted by atomic mass is 10.2. The number of rotatable bonds is 12. The van der Waals surface area contributed by atoms with E-state index in [0.29, 0.717) is 37.7 Å². The van der Waals surface area contributed by atoms with Crippen LogP contribution in [0.5, 0.6) is 11.5 Å². The Hall–Kier alpha value is -3.36. The predicted molar refractivity (Wildman–Crippen MR) is 154 cm³/mol. The fourth-order valence-corrected chi connectivity index (χ4v) is 3.59. The van der Waals surface area contributed by atoms with E-state index in [1.807, 2.05) is 104 Å². The van der Waals surface area contributed by atoms with Crippen LogP contribution in [0.2, 0.25) is 0 Å². The van der Waals surface area contributed by atoms with Gasteiger partial charge in [-0.1, -0.05) is 38.1 Å². The van der Waals surface area contributed by atoms with E-state index < -0.39 is 11.2 Å². The molecule has 0 atom stereocenters. The summed E-state index contributed by atoms with van der Waals surface area (Å²) in [5.74, 6) is 1.23. The lowest BCUT2D eigenvalue weighted by molar-refractivity contribution is 0.0223. The highest BCUT2D eigenvalue weighted by Gasteiger charge is 2.23. The van der Waals surface area contributed by atoms with Gasteiger partial charge in [0.2, 0.25) is 0 Å². The van der Waals surface area contributed by atoms with Crippen LogP contribution in [0.15, 0.2) is 48.5 Å². The maximum absolute atomic E-state index is 12.5. The van der Waals surface area contributed by atoms with Crippen LogP contribution < -0.4 is 9.31 Å². The number of carbonyl (C=O) groups is 2. The van der Waals surface area contributed by atoms with E-state index in [0.717, 1.165) is 24.0 Å². The topological polar surface area (TPSA) is 77.5 Å². The monoisotopic (exact) mass is 539 g/mol. The Bertz CT molecular complexity index is 946. The third-order valence-corrected chi connectivity index (χ3v) is 5.25. The Labute approximate surface area is 234 Å². The third kappa shape index (κ3) is 12.4. The zero-order valence-electron chi connectivity index (χ0n) is 24.8. The van der Waals surface area contributed by atoms with Gasteiger partial charge in [-0.15, -0.1) is 0 Å². The van der Waals surface area contributed by atoms with Crippen molar-refractivity contribution in [2.45, 2.75) is 92.5 Å². The average molecular weight is 540 g/mol. The molecule has 2 aromatic carbocycles. The van der Waals surface area contributed by atoms with Crippen molar-refractivity contribution in [3.63, 3.8) is 0 Å². The van der Waals surface area contributed by atoms with E-state index in [9.17, 15) is 9.59 Å². The number of amides is 2. The van der Waals surface area contributed by atoms with Gasteiger partial charge in [-0.25, -0.2) is 9.59 Å². The molecule has 0 aliphatic heterocycles. The molecule has 1 radical (unpaired) electrons. The molecule has 0 aliphatic carbocycles. The summed E-state index contributed by atoms with van der Waals surface area (Å²) >= 11 is 0. The summed E-state index contributed by atoms with van der Waals surface area (Å²) in [5.41, 5.74) is 0.877. The summed E-state index contributed by atoms with van der Waals surface area (Å²) in [7, 11) is 1.28.